The molecule has 0 bridgehead atoms. The van der Waals surface area contributed by atoms with Crippen molar-refractivity contribution in [2.75, 3.05) is 25.2 Å². The molecule has 1 amide bonds. The van der Waals surface area contributed by atoms with E-state index in [1.54, 1.807) is 0 Å². The number of sulfone groups is 1. The fourth-order valence-corrected chi connectivity index (χ4v) is 4.36. The number of likely N-dealkylation sites (N-methyl/N-ethyl adjacent to an activating group) is 1. The summed E-state index contributed by atoms with van der Waals surface area (Å²) in [6.07, 6.45) is 0.361. The van der Waals surface area contributed by atoms with Crippen molar-refractivity contribution in [1.29, 1.82) is 0 Å². The molecular weight excluding hydrogens is 352 g/mol. The highest BCUT2D eigenvalue weighted by Gasteiger charge is 2.33. The van der Waals surface area contributed by atoms with Crippen LogP contribution in [0.15, 0.2) is 18.2 Å². The predicted octanol–water partition coefficient (Wildman–Crippen LogP) is 0.706. The monoisotopic (exact) mass is 370 g/mol. The molecule has 136 valence electrons. The Labute approximate surface area is 144 Å². The minimum Gasteiger partial charge on any atom is -0.452 e. The van der Waals surface area contributed by atoms with E-state index in [-0.39, 0.29) is 22.8 Å². The number of nitrogens with zero attached hydrogens (tertiary/aromatic N) is 2. The van der Waals surface area contributed by atoms with Crippen molar-refractivity contribution in [1.82, 2.24) is 4.90 Å². The zero-order valence-electron chi connectivity index (χ0n) is 13.8. The Morgan fingerprint density at radius 3 is 2.60 bits per heavy atom. The summed E-state index contributed by atoms with van der Waals surface area (Å²) in [6, 6.07) is 3.35. The molecular formula is C15H18N2O7S. The summed E-state index contributed by atoms with van der Waals surface area (Å²) in [6.45, 7) is 0.969. The molecule has 1 atom stereocenters. The van der Waals surface area contributed by atoms with E-state index in [1.165, 1.54) is 37.1 Å². The minimum absolute atomic E-state index is 0.0388. The molecule has 0 aromatic heterocycles. The number of amides is 1. The lowest BCUT2D eigenvalue weighted by atomic mass is 10.1. The lowest BCUT2D eigenvalue weighted by Crippen LogP contribution is -2.40. The van der Waals surface area contributed by atoms with Gasteiger partial charge in [0.1, 0.15) is 0 Å². The van der Waals surface area contributed by atoms with Crippen LogP contribution in [0, 0.1) is 17.0 Å². The SMILES string of the molecule is Cc1cc(C(=O)OCC(=O)N(C)[C@H]2CCS(=O)(=O)C2)ccc1[N+](=O)[O-]. The molecule has 25 heavy (non-hydrogen) atoms. The summed E-state index contributed by atoms with van der Waals surface area (Å²) >= 11 is 0. The van der Waals surface area contributed by atoms with Gasteiger partial charge in [0.05, 0.1) is 22.0 Å². The average molecular weight is 370 g/mol. The molecule has 2 rings (SSSR count). The number of hydrogen-bond donors (Lipinski definition) is 0. The maximum atomic E-state index is 12.1. The van der Waals surface area contributed by atoms with Crippen LogP contribution in [0.1, 0.15) is 22.3 Å². The number of hydrogen-bond acceptors (Lipinski definition) is 7. The first-order valence-corrected chi connectivity index (χ1v) is 9.31. The minimum atomic E-state index is -3.12. The maximum Gasteiger partial charge on any atom is 0.338 e. The van der Waals surface area contributed by atoms with Crippen LogP contribution in [-0.2, 0) is 19.4 Å². The van der Waals surface area contributed by atoms with Crippen LogP contribution in [0.5, 0.6) is 0 Å². The number of carbonyl (C=O) groups excluding carboxylic acids is 2. The number of rotatable bonds is 5. The van der Waals surface area contributed by atoms with Gasteiger partial charge in [-0.1, -0.05) is 0 Å². The van der Waals surface area contributed by atoms with Crippen molar-refractivity contribution >= 4 is 27.4 Å². The molecule has 0 spiro atoms. The van der Waals surface area contributed by atoms with Gasteiger partial charge < -0.3 is 9.64 Å². The molecule has 1 aromatic carbocycles. The Kier molecular flexibility index (Phi) is 5.41. The fraction of sp³-hybridized carbons (Fsp3) is 0.467. The van der Waals surface area contributed by atoms with Crippen LogP contribution in [0.3, 0.4) is 0 Å². The highest BCUT2D eigenvalue weighted by atomic mass is 32.2. The highest BCUT2D eigenvalue weighted by molar-refractivity contribution is 7.91. The van der Waals surface area contributed by atoms with Crippen LogP contribution in [-0.4, -0.2) is 61.3 Å². The second kappa shape index (κ2) is 7.18. The number of aryl methyl sites for hydroxylation is 1. The van der Waals surface area contributed by atoms with Crippen LogP contribution < -0.4 is 0 Å². The average Bonchev–Trinajstić information content (AvgIpc) is 2.91. The zero-order valence-corrected chi connectivity index (χ0v) is 14.6. The molecule has 1 aliphatic rings. The normalized spacial score (nSPS) is 18.6. The Bertz CT molecular complexity index is 819. The third kappa shape index (κ3) is 4.53. The lowest BCUT2D eigenvalue weighted by Gasteiger charge is -2.23. The molecule has 0 N–H and O–H groups in total. The van der Waals surface area contributed by atoms with Gasteiger partial charge in [-0.3, -0.25) is 14.9 Å². The summed E-state index contributed by atoms with van der Waals surface area (Å²) in [5.74, 6) is -1.34. The number of nitro groups is 1. The molecule has 10 heteroatoms. The summed E-state index contributed by atoms with van der Waals surface area (Å²) in [4.78, 5) is 35.5. The molecule has 9 nitrogen and oxygen atoms in total. The van der Waals surface area contributed by atoms with E-state index in [4.69, 9.17) is 4.74 Å². The molecule has 1 aromatic rings. The number of benzene rings is 1. The second-order valence-electron chi connectivity index (χ2n) is 5.90. The molecule has 1 aliphatic heterocycles. The molecule has 1 heterocycles. The van der Waals surface area contributed by atoms with Gasteiger partial charge in [-0.05, 0) is 25.5 Å². The van der Waals surface area contributed by atoms with Gasteiger partial charge in [0.25, 0.3) is 11.6 Å². The van der Waals surface area contributed by atoms with Gasteiger partial charge >= 0.3 is 5.97 Å². The Morgan fingerprint density at radius 2 is 2.08 bits per heavy atom. The Balaban J connectivity index is 1.94. The van der Waals surface area contributed by atoms with Crippen LogP contribution in [0.25, 0.3) is 0 Å². The number of nitro benzene ring substituents is 1. The zero-order chi connectivity index (χ0) is 18.8. The van der Waals surface area contributed by atoms with Crippen molar-refractivity contribution in [3.8, 4) is 0 Å². The number of esters is 1. The molecule has 1 saturated heterocycles. The fourth-order valence-electron chi connectivity index (χ4n) is 2.58. The van der Waals surface area contributed by atoms with Crippen LogP contribution in [0.2, 0.25) is 0 Å². The van der Waals surface area contributed by atoms with E-state index in [2.05, 4.69) is 0 Å². The van der Waals surface area contributed by atoms with Gasteiger partial charge in [-0.25, -0.2) is 13.2 Å². The topological polar surface area (TPSA) is 124 Å². The van der Waals surface area contributed by atoms with Gasteiger partial charge in [0, 0.05) is 24.7 Å². The summed E-state index contributed by atoms with van der Waals surface area (Å²) < 4.78 is 27.8. The van der Waals surface area contributed by atoms with Crippen molar-refractivity contribution in [2.45, 2.75) is 19.4 Å². The molecule has 0 aliphatic carbocycles. The Morgan fingerprint density at radius 1 is 1.40 bits per heavy atom. The summed E-state index contributed by atoms with van der Waals surface area (Å²) in [5, 5.41) is 10.8. The van der Waals surface area contributed by atoms with Crippen molar-refractivity contribution in [3.63, 3.8) is 0 Å². The maximum absolute atomic E-state index is 12.1. The smallest absolute Gasteiger partial charge is 0.338 e. The third-order valence-electron chi connectivity index (χ3n) is 4.11. The van der Waals surface area contributed by atoms with E-state index >= 15 is 0 Å². The predicted molar refractivity (Wildman–Crippen MR) is 87.9 cm³/mol. The molecule has 1 fully saturated rings. The van der Waals surface area contributed by atoms with Gasteiger partial charge in [-0.2, -0.15) is 0 Å². The first-order valence-electron chi connectivity index (χ1n) is 7.49. The van der Waals surface area contributed by atoms with Crippen molar-refractivity contribution in [3.05, 3.63) is 39.4 Å². The first-order chi connectivity index (χ1) is 11.6. The van der Waals surface area contributed by atoms with Crippen molar-refractivity contribution in [2.24, 2.45) is 0 Å². The van der Waals surface area contributed by atoms with E-state index in [1.807, 2.05) is 0 Å². The van der Waals surface area contributed by atoms with Gasteiger partial charge in [0.15, 0.2) is 16.4 Å². The molecule has 0 radical (unpaired) electrons. The van der Waals surface area contributed by atoms with E-state index in [0.717, 1.165) is 0 Å². The van der Waals surface area contributed by atoms with E-state index in [9.17, 15) is 28.1 Å². The largest absolute Gasteiger partial charge is 0.452 e. The summed E-state index contributed by atoms with van der Waals surface area (Å²) in [5.41, 5.74) is 0.288. The number of ether oxygens (including phenoxy) is 1. The van der Waals surface area contributed by atoms with Crippen molar-refractivity contribution < 1.29 is 27.7 Å². The van der Waals surface area contributed by atoms with E-state index in [0.29, 0.717) is 12.0 Å². The van der Waals surface area contributed by atoms with Gasteiger partial charge in [-0.15, -0.1) is 0 Å². The summed E-state index contributed by atoms with van der Waals surface area (Å²) in [7, 11) is -1.65. The number of carbonyl (C=O) groups is 2. The Hall–Kier alpha value is -2.49. The standard InChI is InChI=1S/C15H18N2O7S/c1-10-7-11(3-4-13(10)17(20)21)15(19)24-8-14(18)16(2)12-5-6-25(22,23)9-12/h3-4,7,12H,5-6,8-9H2,1-2H3/t12-/m0/s1. The highest BCUT2D eigenvalue weighted by Crippen LogP contribution is 2.20. The molecule has 0 saturated carbocycles. The first kappa shape index (κ1) is 18.8. The van der Waals surface area contributed by atoms with Crippen LogP contribution >= 0.6 is 0 Å². The van der Waals surface area contributed by atoms with Gasteiger partial charge in [0.2, 0.25) is 0 Å². The molecule has 0 unspecified atom stereocenters. The van der Waals surface area contributed by atoms with Crippen LogP contribution in [0.4, 0.5) is 5.69 Å². The lowest BCUT2D eigenvalue weighted by molar-refractivity contribution is -0.385. The second-order valence-corrected chi connectivity index (χ2v) is 8.12. The van der Waals surface area contributed by atoms with E-state index < -0.39 is 39.3 Å². The quantitative estimate of drug-likeness (QED) is 0.424. The third-order valence-corrected chi connectivity index (χ3v) is 5.86.